The number of carbonyl (C=O) groups excluding carboxylic acids is 1. The first-order valence-corrected chi connectivity index (χ1v) is 11.5. The van der Waals surface area contributed by atoms with Gasteiger partial charge < -0.3 is 0 Å². The first kappa shape index (κ1) is 21.7. The zero-order chi connectivity index (χ0) is 20.1. The molecule has 0 aromatic heterocycles. The molecule has 0 bridgehead atoms. The van der Waals surface area contributed by atoms with Crippen LogP contribution in [0.3, 0.4) is 0 Å². The predicted molar refractivity (Wildman–Crippen MR) is 131 cm³/mol. The molecular weight excluding hydrogens is 546 g/mol. The van der Waals surface area contributed by atoms with E-state index in [0.29, 0.717) is 31.3 Å². The summed E-state index contributed by atoms with van der Waals surface area (Å²) in [4.78, 5) is 13.9. The van der Waals surface area contributed by atoms with Gasteiger partial charge in [-0.25, -0.2) is 0 Å². The van der Waals surface area contributed by atoms with Crippen molar-refractivity contribution < 1.29 is 4.79 Å². The van der Waals surface area contributed by atoms with Crippen LogP contribution in [0, 0.1) is 0 Å². The van der Waals surface area contributed by atoms with Gasteiger partial charge in [-0.15, -0.1) is 11.8 Å². The Labute approximate surface area is 197 Å². The van der Waals surface area contributed by atoms with Crippen molar-refractivity contribution in [2.75, 3.05) is 0 Å². The van der Waals surface area contributed by atoms with Crippen molar-refractivity contribution in [2.45, 2.75) is 5.75 Å². The molecule has 0 saturated heterocycles. The molecule has 142 valence electrons. The topological polar surface area (TPSA) is 17.1 Å². The number of halogens is 4. The van der Waals surface area contributed by atoms with E-state index in [2.05, 4.69) is 22.6 Å². The number of benzene rings is 3. The molecule has 0 fully saturated rings. The molecule has 0 spiro atoms. The molecule has 1 nitrogen and oxygen atoms in total. The second-order valence-corrected chi connectivity index (χ2v) is 9.21. The van der Waals surface area contributed by atoms with E-state index in [4.69, 9.17) is 34.8 Å². The predicted octanol–water partition coefficient (Wildman–Crippen LogP) is 8.57. The standard InChI is InChI=1S/C22H14Cl3IOS/c23-17-9-5-14(6-10-17)20(26)22(21(27)15-7-11-18(24)12-8-15)28-13-16-3-1-2-4-19(16)25/h1-12H,13H2. The van der Waals surface area contributed by atoms with Crippen LogP contribution in [0.2, 0.25) is 15.1 Å². The van der Waals surface area contributed by atoms with Crippen LogP contribution in [0.4, 0.5) is 0 Å². The molecule has 0 radical (unpaired) electrons. The molecule has 28 heavy (non-hydrogen) atoms. The Morgan fingerprint density at radius 1 is 0.786 bits per heavy atom. The summed E-state index contributed by atoms with van der Waals surface area (Å²) in [6, 6.07) is 22.0. The molecule has 6 heteroatoms. The van der Waals surface area contributed by atoms with Crippen molar-refractivity contribution in [2.24, 2.45) is 0 Å². The molecule has 0 aliphatic heterocycles. The molecule has 3 rings (SSSR count). The van der Waals surface area contributed by atoms with Gasteiger partial charge in [-0.3, -0.25) is 4.79 Å². The normalized spacial score (nSPS) is 11.9. The summed E-state index contributed by atoms with van der Waals surface area (Å²) < 4.78 is 0.867. The van der Waals surface area contributed by atoms with Gasteiger partial charge in [0.15, 0.2) is 5.78 Å². The lowest BCUT2D eigenvalue weighted by Crippen LogP contribution is -2.03. The molecule has 3 aromatic rings. The van der Waals surface area contributed by atoms with Gasteiger partial charge in [0.25, 0.3) is 0 Å². The van der Waals surface area contributed by atoms with E-state index in [-0.39, 0.29) is 5.78 Å². The van der Waals surface area contributed by atoms with E-state index in [9.17, 15) is 4.79 Å². The SMILES string of the molecule is O=C(C(SCc1ccccc1Cl)=C(I)c1ccc(Cl)cc1)c1ccc(Cl)cc1. The number of hydrogen-bond donors (Lipinski definition) is 0. The number of ketones is 1. The highest BCUT2D eigenvalue weighted by molar-refractivity contribution is 14.1. The van der Waals surface area contributed by atoms with Crippen molar-refractivity contribution in [3.05, 3.63) is 109 Å². The van der Waals surface area contributed by atoms with Crippen LogP contribution in [0.15, 0.2) is 77.7 Å². The number of allylic oxidation sites excluding steroid dienone is 1. The Hall–Kier alpha value is -0.980. The van der Waals surface area contributed by atoms with Crippen LogP contribution >= 0.6 is 69.2 Å². The van der Waals surface area contributed by atoms with Gasteiger partial charge >= 0.3 is 0 Å². The summed E-state index contributed by atoms with van der Waals surface area (Å²) >= 11 is 22.0. The van der Waals surface area contributed by atoms with Crippen molar-refractivity contribution in [3.63, 3.8) is 0 Å². The zero-order valence-electron chi connectivity index (χ0n) is 14.5. The number of thioether (sulfide) groups is 1. The van der Waals surface area contributed by atoms with Crippen LogP contribution in [-0.2, 0) is 5.75 Å². The third-order valence-corrected chi connectivity index (χ3v) is 7.47. The maximum Gasteiger partial charge on any atom is 0.200 e. The summed E-state index contributed by atoms with van der Waals surface area (Å²) in [5.41, 5.74) is 2.51. The molecule has 3 aromatic carbocycles. The summed E-state index contributed by atoms with van der Waals surface area (Å²) in [6.45, 7) is 0. The lowest BCUT2D eigenvalue weighted by molar-refractivity contribution is 0.104. The van der Waals surface area contributed by atoms with Crippen molar-refractivity contribution in [1.82, 2.24) is 0 Å². The number of Topliss-reactive ketones (excluding diaryl/α,β-unsaturated/α-hetero) is 1. The highest BCUT2D eigenvalue weighted by Gasteiger charge is 2.19. The van der Waals surface area contributed by atoms with Crippen molar-refractivity contribution in [3.8, 4) is 0 Å². The smallest absolute Gasteiger partial charge is 0.200 e. The largest absolute Gasteiger partial charge is 0.288 e. The quantitative estimate of drug-likeness (QED) is 0.171. The van der Waals surface area contributed by atoms with Gasteiger partial charge in [0, 0.05) is 30.0 Å². The first-order valence-electron chi connectivity index (χ1n) is 8.28. The molecule has 0 heterocycles. The van der Waals surface area contributed by atoms with Gasteiger partial charge in [-0.1, -0.05) is 65.1 Å². The van der Waals surface area contributed by atoms with Crippen LogP contribution in [0.1, 0.15) is 21.5 Å². The van der Waals surface area contributed by atoms with E-state index in [1.807, 2.05) is 48.5 Å². The fourth-order valence-electron chi connectivity index (χ4n) is 2.45. The number of hydrogen-bond acceptors (Lipinski definition) is 2. The van der Waals surface area contributed by atoms with E-state index in [1.54, 1.807) is 24.3 Å². The molecule has 0 amide bonds. The summed E-state index contributed by atoms with van der Waals surface area (Å²) in [6.07, 6.45) is 0. The Morgan fingerprint density at radius 2 is 1.32 bits per heavy atom. The fourth-order valence-corrected chi connectivity index (χ4v) is 5.10. The lowest BCUT2D eigenvalue weighted by Gasteiger charge is -2.12. The fraction of sp³-hybridized carbons (Fsp3) is 0.0455. The van der Waals surface area contributed by atoms with E-state index in [0.717, 1.165) is 14.7 Å². The Morgan fingerprint density at radius 3 is 1.89 bits per heavy atom. The van der Waals surface area contributed by atoms with Crippen molar-refractivity contribution >= 4 is 78.5 Å². The van der Waals surface area contributed by atoms with Gasteiger partial charge in [-0.2, -0.15) is 0 Å². The lowest BCUT2D eigenvalue weighted by atomic mass is 10.1. The molecule has 0 N–H and O–H groups in total. The summed E-state index contributed by atoms with van der Waals surface area (Å²) in [7, 11) is 0. The minimum Gasteiger partial charge on any atom is -0.288 e. The molecule has 0 unspecified atom stereocenters. The Bertz CT molecular complexity index is 1010. The zero-order valence-corrected chi connectivity index (χ0v) is 19.7. The molecular formula is C22H14Cl3IOS. The van der Waals surface area contributed by atoms with E-state index >= 15 is 0 Å². The Kier molecular flexibility index (Phi) is 7.89. The highest BCUT2D eigenvalue weighted by atomic mass is 127. The Balaban J connectivity index is 1.98. The molecule has 0 aliphatic rings. The van der Waals surface area contributed by atoms with Gasteiger partial charge in [0.05, 0.1) is 4.91 Å². The van der Waals surface area contributed by atoms with E-state index in [1.165, 1.54) is 11.8 Å². The highest BCUT2D eigenvalue weighted by Crippen LogP contribution is 2.37. The van der Waals surface area contributed by atoms with Gasteiger partial charge in [-0.05, 0) is 76.2 Å². The number of rotatable bonds is 6. The van der Waals surface area contributed by atoms with E-state index < -0.39 is 0 Å². The maximum atomic E-state index is 13.3. The maximum absolute atomic E-state index is 13.3. The van der Waals surface area contributed by atoms with Crippen LogP contribution in [0.5, 0.6) is 0 Å². The summed E-state index contributed by atoms with van der Waals surface area (Å²) in [5.74, 6) is 0.544. The van der Waals surface area contributed by atoms with Gasteiger partial charge in [0.1, 0.15) is 0 Å². The molecule has 0 saturated carbocycles. The average Bonchev–Trinajstić information content (AvgIpc) is 2.70. The van der Waals surface area contributed by atoms with Gasteiger partial charge in [0.2, 0.25) is 0 Å². The summed E-state index contributed by atoms with van der Waals surface area (Å²) in [5, 5.41) is 1.94. The third kappa shape index (κ3) is 5.55. The third-order valence-electron chi connectivity index (χ3n) is 3.94. The number of carbonyl (C=O) groups is 1. The second kappa shape index (κ2) is 10.2. The second-order valence-electron chi connectivity index (χ2n) is 5.87. The molecule has 0 atom stereocenters. The molecule has 0 aliphatic carbocycles. The average molecular weight is 560 g/mol. The monoisotopic (exact) mass is 558 g/mol. The van der Waals surface area contributed by atoms with Crippen LogP contribution < -0.4 is 0 Å². The van der Waals surface area contributed by atoms with Crippen LogP contribution in [0.25, 0.3) is 3.58 Å². The minimum absolute atomic E-state index is 0.0481. The van der Waals surface area contributed by atoms with Crippen LogP contribution in [-0.4, -0.2) is 5.78 Å². The minimum atomic E-state index is -0.0481. The van der Waals surface area contributed by atoms with Crippen molar-refractivity contribution in [1.29, 1.82) is 0 Å². The first-order chi connectivity index (χ1) is 13.5.